The highest BCUT2D eigenvalue weighted by atomic mass is 19.4. The van der Waals surface area contributed by atoms with Crippen molar-refractivity contribution in [2.75, 3.05) is 0 Å². The van der Waals surface area contributed by atoms with Crippen LogP contribution in [0.2, 0.25) is 0 Å². The predicted molar refractivity (Wildman–Crippen MR) is 41.9 cm³/mol. The van der Waals surface area contributed by atoms with Crippen molar-refractivity contribution in [1.82, 2.24) is 9.78 Å². The topological polar surface area (TPSA) is 38.0 Å². The van der Waals surface area contributed by atoms with Crippen molar-refractivity contribution in [3.63, 3.8) is 0 Å². The fourth-order valence-electron chi connectivity index (χ4n) is 1.34. The Kier molecular flexibility index (Phi) is 1.94. The van der Waals surface area contributed by atoms with E-state index in [2.05, 4.69) is 5.10 Å². The second kappa shape index (κ2) is 2.90. The zero-order valence-electron chi connectivity index (χ0n) is 7.25. The molecular weight excluding hydrogens is 197 g/mol. The van der Waals surface area contributed by atoms with Crippen LogP contribution in [0.3, 0.4) is 0 Å². The summed E-state index contributed by atoms with van der Waals surface area (Å²) in [6.07, 6.45) is -1.46. The quantitative estimate of drug-likeness (QED) is 0.803. The maximum atomic E-state index is 12.0. The van der Waals surface area contributed by atoms with E-state index in [1.807, 2.05) is 0 Å². The molecule has 0 unspecified atom stereocenters. The minimum absolute atomic E-state index is 0.128. The Hall–Kier alpha value is -1.20. The number of aromatic hydroxyl groups is 1. The molecule has 1 aliphatic carbocycles. The van der Waals surface area contributed by atoms with Crippen LogP contribution in [0.5, 0.6) is 5.75 Å². The summed E-state index contributed by atoms with van der Waals surface area (Å²) in [5.74, 6) is 0.0289. The van der Waals surface area contributed by atoms with Gasteiger partial charge in [-0.25, -0.2) is 0 Å². The van der Waals surface area contributed by atoms with Gasteiger partial charge in [-0.05, 0) is 12.8 Å². The Balaban J connectivity index is 2.15. The number of rotatable bonds is 2. The van der Waals surface area contributed by atoms with E-state index in [1.165, 1.54) is 0 Å². The van der Waals surface area contributed by atoms with Gasteiger partial charge in [-0.1, -0.05) is 0 Å². The molecule has 0 atom stereocenters. The highest BCUT2D eigenvalue weighted by Crippen LogP contribution is 2.43. The number of hydrogen-bond donors (Lipinski definition) is 1. The Bertz CT molecular complexity index is 341. The molecule has 1 aromatic heterocycles. The first-order chi connectivity index (χ1) is 6.46. The van der Waals surface area contributed by atoms with Crippen molar-refractivity contribution in [2.45, 2.75) is 31.5 Å². The number of halogens is 3. The number of aromatic nitrogens is 2. The normalized spacial score (nSPS) is 17.4. The van der Waals surface area contributed by atoms with Crippen LogP contribution in [0.25, 0.3) is 0 Å². The van der Waals surface area contributed by atoms with Crippen LogP contribution in [-0.4, -0.2) is 21.1 Å². The van der Waals surface area contributed by atoms with Crippen LogP contribution in [0, 0.1) is 0 Å². The first-order valence-corrected chi connectivity index (χ1v) is 4.29. The Morgan fingerprint density at radius 3 is 2.64 bits per heavy atom. The number of hydrogen-bond acceptors (Lipinski definition) is 2. The third-order valence-corrected chi connectivity index (χ3v) is 2.08. The molecule has 0 spiro atoms. The lowest BCUT2D eigenvalue weighted by molar-refractivity contribution is -0.142. The van der Waals surface area contributed by atoms with Gasteiger partial charge in [0, 0.05) is 5.92 Å². The Morgan fingerprint density at radius 1 is 1.50 bits per heavy atom. The predicted octanol–water partition coefficient (Wildman–Crippen LogP) is 2.03. The summed E-state index contributed by atoms with van der Waals surface area (Å²) < 4.78 is 36.6. The molecule has 2 rings (SSSR count). The standard InChI is InChI=1S/C8H9F3N2O/c9-8(10,11)4-13-3-6(14)7(12-13)5-1-2-5/h3,5,14H,1-2,4H2. The molecule has 0 aromatic carbocycles. The second-order valence-corrected chi connectivity index (χ2v) is 3.49. The molecule has 1 saturated carbocycles. The summed E-state index contributed by atoms with van der Waals surface area (Å²) in [6, 6.07) is 0. The molecule has 0 amide bonds. The maximum absolute atomic E-state index is 12.0. The van der Waals surface area contributed by atoms with E-state index >= 15 is 0 Å². The zero-order valence-corrected chi connectivity index (χ0v) is 7.25. The summed E-state index contributed by atoms with van der Waals surface area (Å²) >= 11 is 0. The smallest absolute Gasteiger partial charge is 0.408 e. The van der Waals surface area contributed by atoms with Gasteiger partial charge in [0.15, 0.2) is 5.75 Å². The molecule has 0 bridgehead atoms. The second-order valence-electron chi connectivity index (χ2n) is 3.49. The van der Waals surface area contributed by atoms with Gasteiger partial charge in [0.25, 0.3) is 0 Å². The summed E-state index contributed by atoms with van der Waals surface area (Å²) in [4.78, 5) is 0. The molecule has 1 aliphatic rings. The highest BCUT2D eigenvalue weighted by molar-refractivity contribution is 5.29. The van der Waals surface area contributed by atoms with Crippen molar-refractivity contribution >= 4 is 0 Å². The van der Waals surface area contributed by atoms with Crippen LogP contribution in [0.1, 0.15) is 24.5 Å². The molecule has 1 aromatic rings. The van der Waals surface area contributed by atoms with E-state index in [0.717, 1.165) is 23.7 Å². The van der Waals surface area contributed by atoms with Crippen LogP contribution in [0.15, 0.2) is 6.20 Å². The molecule has 14 heavy (non-hydrogen) atoms. The van der Waals surface area contributed by atoms with Crippen molar-refractivity contribution in [2.24, 2.45) is 0 Å². The molecule has 0 radical (unpaired) electrons. The lowest BCUT2D eigenvalue weighted by Crippen LogP contribution is -2.18. The Labute approximate surface area is 78.1 Å². The number of alkyl halides is 3. The molecule has 3 nitrogen and oxygen atoms in total. The van der Waals surface area contributed by atoms with Gasteiger partial charge in [0.2, 0.25) is 0 Å². The van der Waals surface area contributed by atoms with E-state index in [1.54, 1.807) is 0 Å². The van der Waals surface area contributed by atoms with Crippen LogP contribution < -0.4 is 0 Å². The molecular formula is C8H9F3N2O. The molecule has 6 heteroatoms. The summed E-state index contributed by atoms with van der Waals surface area (Å²) in [5, 5.41) is 13.0. The molecule has 1 heterocycles. The van der Waals surface area contributed by atoms with E-state index in [4.69, 9.17) is 0 Å². The van der Waals surface area contributed by atoms with Crippen LogP contribution >= 0.6 is 0 Å². The molecule has 78 valence electrons. The third-order valence-electron chi connectivity index (χ3n) is 2.08. The minimum atomic E-state index is -4.29. The monoisotopic (exact) mass is 206 g/mol. The van der Waals surface area contributed by atoms with Gasteiger partial charge >= 0.3 is 6.18 Å². The first kappa shape index (κ1) is 9.36. The first-order valence-electron chi connectivity index (χ1n) is 4.29. The van der Waals surface area contributed by atoms with Gasteiger partial charge in [-0.3, -0.25) is 4.68 Å². The van der Waals surface area contributed by atoms with Crippen molar-refractivity contribution in [3.05, 3.63) is 11.9 Å². The van der Waals surface area contributed by atoms with Crippen LogP contribution in [-0.2, 0) is 6.54 Å². The summed E-state index contributed by atoms with van der Waals surface area (Å²) in [5.41, 5.74) is 0.397. The SMILES string of the molecule is Oc1cn(CC(F)(F)F)nc1C1CC1. The lowest BCUT2D eigenvalue weighted by atomic mass is 10.3. The van der Waals surface area contributed by atoms with E-state index in [-0.39, 0.29) is 11.7 Å². The molecule has 1 fully saturated rings. The van der Waals surface area contributed by atoms with Gasteiger partial charge in [-0.15, -0.1) is 0 Å². The van der Waals surface area contributed by atoms with Crippen molar-refractivity contribution < 1.29 is 18.3 Å². The summed E-state index contributed by atoms with van der Waals surface area (Å²) in [6.45, 7) is -1.15. The molecule has 0 saturated heterocycles. The number of nitrogens with zero attached hydrogens (tertiary/aromatic N) is 2. The van der Waals surface area contributed by atoms with E-state index < -0.39 is 12.7 Å². The van der Waals surface area contributed by atoms with E-state index in [9.17, 15) is 18.3 Å². The van der Waals surface area contributed by atoms with Gasteiger partial charge in [0.05, 0.1) is 6.20 Å². The van der Waals surface area contributed by atoms with E-state index in [0.29, 0.717) is 5.69 Å². The van der Waals surface area contributed by atoms with Crippen molar-refractivity contribution in [1.29, 1.82) is 0 Å². The molecule has 1 N–H and O–H groups in total. The lowest BCUT2D eigenvalue weighted by Gasteiger charge is -2.04. The maximum Gasteiger partial charge on any atom is 0.408 e. The fraction of sp³-hybridized carbons (Fsp3) is 0.625. The fourth-order valence-corrected chi connectivity index (χ4v) is 1.34. The average Bonchev–Trinajstić information content (AvgIpc) is 2.75. The summed E-state index contributed by atoms with van der Waals surface area (Å²) in [7, 11) is 0. The van der Waals surface area contributed by atoms with Crippen molar-refractivity contribution in [3.8, 4) is 5.75 Å². The van der Waals surface area contributed by atoms with Gasteiger partial charge in [-0.2, -0.15) is 18.3 Å². The zero-order chi connectivity index (χ0) is 10.3. The highest BCUT2D eigenvalue weighted by Gasteiger charge is 2.32. The average molecular weight is 206 g/mol. The van der Waals surface area contributed by atoms with Gasteiger partial charge < -0.3 is 5.11 Å². The largest absolute Gasteiger partial charge is 0.504 e. The Morgan fingerprint density at radius 2 is 2.14 bits per heavy atom. The third kappa shape index (κ3) is 2.00. The molecule has 0 aliphatic heterocycles. The minimum Gasteiger partial charge on any atom is -0.504 e. The van der Waals surface area contributed by atoms with Crippen LogP contribution in [0.4, 0.5) is 13.2 Å². The van der Waals surface area contributed by atoms with Gasteiger partial charge in [0.1, 0.15) is 12.2 Å².